The SMILES string of the molecule is CC[C@H]1[C@@H](O)[C@@H]2[C@H](CC[C@]3(C)[C@@H]([C@H](C)CCC(=O)N[C@@H](CS(=O)(=O)[O-])c4ccccc4)CC[C@@H]23)[C@@]2(C)CC[C@@H](O)C[C@@H]12. The van der Waals surface area contributed by atoms with Crippen molar-refractivity contribution >= 4 is 16.0 Å². The van der Waals surface area contributed by atoms with E-state index >= 15 is 0 Å². The molecule has 0 heterocycles. The minimum atomic E-state index is -4.52. The van der Waals surface area contributed by atoms with Crippen molar-refractivity contribution < 1.29 is 28.0 Å². The Labute approximate surface area is 253 Å². The number of rotatable bonds is 9. The van der Waals surface area contributed by atoms with Crippen LogP contribution in [0.15, 0.2) is 30.3 Å². The first kappa shape index (κ1) is 31.9. The number of aliphatic hydroxyl groups excluding tert-OH is 2. The summed E-state index contributed by atoms with van der Waals surface area (Å²) in [7, 11) is -4.52. The van der Waals surface area contributed by atoms with Crippen LogP contribution in [0.25, 0.3) is 0 Å². The van der Waals surface area contributed by atoms with Crippen molar-refractivity contribution in [2.24, 2.45) is 52.3 Å². The molecule has 8 heteroatoms. The van der Waals surface area contributed by atoms with Gasteiger partial charge < -0.3 is 20.1 Å². The molecule has 7 nitrogen and oxygen atoms in total. The van der Waals surface area contributed by atoms with Crippen molar-refractivity contribution in [2.45, 2.75) is 110 Å². The van der Waals surface area contributed by atoms with Crippen molar-refractivity contribution in [3.05, 3.63) is 35.9 Å². The molecule has 4 aliphatic carbocycles. The van der Waals surface area contributed by atoms with Crippen LogP contribution in [-0.2, 0) is 14.9 Å². The van der Waals surface area contributed by atoms with E-state index in [-0.39, 0.29) is 41.3 Å². The molecule has 4 fully saturated rings. The van der Waals surface area contributed by atoms with Gasteiger partial charge in [0.05, 0.1) is 34.1 Å². The molecule has 0 saturated heterocycles. The third-order valence-corrected chi connectivity index (χ3v) is 13.6. The second-order valence-corrected chi connectivity index (χ2v) is 16.3. The van der Waals surface area contributed by atoms with E-state index < -0.39 is 21.9 Å². The van der Waals surface area contributed by atoms with E-state index in [0.29, 0.717) is 47.5 Å². The maximum absolute atomic E-state index is 13.0. The Hall–Kier alpha value is -1.48. The highest BCUT2D eigenvalue weighted by Crippen LogP contribution is 2.69. The molecule has 0 aliphatic heterocycles. The first-order valence-electron chi connectivity index (χ1n) is 16.4. The average Bonchev–Trinajstić information content (AvgIpc) is 3.29. The second-order valence-electron chi connectivity index (χ2n) is 14.9. The minimum absolute atomic E-state index is 0.122. The van der Waals surface area contributed by atoms with Gasteiger partial charge in [-0.3, -0.25) is 4.79 Å². The van der Waals surface area contributed by atoms with Crippen LogP contribution in [0.3, 0.4) is 0 Å². The zero-order chi connectivity index (χ0) is 30.4. The smallest absolute Gasteiger partial charge is 0.220 e. The Morgan fingerprint density at radius 2 is 1.69 bits per heavy atom. The topological polar surface area (TPSA) is 127 Å². The van der Waals surface area contributed by atoms with Crippen LogP contribution in [0.1, 0.15) is 104 Å². The van der Waals surface area contributed by atoms with Crippen molar-refractivity contribution in [3.63, 3.8) is 0 Å². The number of amides is 1. The minimum Gasteiger partial charge on any atom is -0.748 e. The van der Waals surface area contributed by atoms with E-state index in [2.05, 4.69) is 33.0 Å². The van der Waals surface area contributed by atoms with Gasteiger partial charge in [0.15, 0.2) is 0 Å². The molecule has 0 aromatic heterocycles. The lowest BCUT2D eigenvalue weighted by atomic mass is 9.41. The summed E-state index contributed by atoms with van der Waals surface area (Å²) in [6.45, 7) is 9.36. The molecule has 0 radical (unpaired) electrons. The molecule has 3 N–H and O–H groups in total. The molecule has 12 atom stereocenters. The molecule has 1 amide bonds. The first-order chi connectivity index (χ1) is 19.8. The zero-order valence-electron chi connectivity index (χ0n) is 25.9. The monoisotopic (exact) mass is 602 g/mol. The van der Waals surface area contributed by atoms with Crippen molar-refractivity contribution in [1.82, 2.24) is 5.32 Å². The standard InChI is InChI=1S/C34H53NO6S/c1-5-24-28-19-23(36)15-17-34(28,4)27-16-18-33(3)25(12-13-26(33)31(27)32(24)38)21(2)11-14-30(37)35-29(20-42(39,40)41)22-9-7-6-8-10-22/h6-10,21,23-29,31-32,36,38H,5,11-20H2,1-4H3,(H,35,37)(H,39,40,41)/p-1/t21-,23-,24-,25-,26+,27+,28+,29+,31+,32-,33-,34-/m1/s1. The first-order valence-corrected chi connectivity index (χ1v) is 18.0. The Balaban J connectivity index is 1.26. The van der Waals surface area contributed by atoms with E-state index in [1.165, 1.54) is 0 Å². The van der Waals surface area contributed by atoms with Gasteiger partial charge in [-0.05, 0) is 109 Å². The molecule has 4 saturated carbocycles. The number of aliphatic hydroxyl groups is 2. The Morgan fingerprint density at radius 3 is 2.36 bits per heavy atom. The molecular formula is C34H52NO6S-. The number of carbonyl (C=O) groups is 1. The van der Waals surface area contributed by atoms with Crippen LogP contribution in [0.5, 0.6) is 0 Å². The summed E-state index contributed by atoms with van der Waals surface area (Å²) in [5, 5.41) is 25.3. The molecule has 5 rings (SSSR count). The van der Waals surface area contributed by atoms with Gasteiger partial charge in [0.2, 0.25) is 5.91 Å². The molecule has 42 heavy (non-hydrogen) atoms. The lowest BCUT2D eigenvalue weighted by molar-refractivity contribution is -0.203. The number of hydrogen-bond acceptors (Lipinski definition) is 6. The third kappa shape index (κ3) is 5.94. The van der Waals surface area contributed by atoms with E-state index in [4.69, 9.17) is 0 Å². The van der Waals surface area contributed by atoms with Gasteiger partial charge in [-0.25, -0.2) is 8.42 Å². The molecule has 236 valence electrons. The summed E-state index contributed by atoms with van der Waals surface area (Å²) in [4.78, 5) is 13.0. The van der Waals surface area contributed by atoms with E-state index in [9.17, 15) is 28.0 Å². The molecule has 1 aromatic carbocycles. The largest absolute Gasteiger partial charge is 0.748 e. The van der Waals surface area contributed by atoms with Crippen molar-refractivity contribution in [2.75, 3.05) is 5.75 Å². The van der Waals surface area contributed by atoms with Crippen molar-refractivity contribution in [3.8, 4) is 0 Å². The van der Waals surface area contributed by atoms with Crippen molar-refractivity contribution in [1.29, 1.82) is 0 Å². The predicted octanol–water partition coefficient (Wildman–Crippen LogP) is 5.43. The maximum atomic E-state index is 13.0. The highest BCUT2D eigenvalue weighted by Gasteiger charge is 2.64. The number of hydrogen-bond donors (Lipinski definition) is 3. The van der Waals surface area contributed by atoms with Crippen LogP contribution in [0.4, 0.5) is 0 Å². The fourth-order valence-corrected chi connectivity index (χ4v) is 11.6. The lowest BCUT2D eigenvalue weighted by Crippen LogP contribution is -2.62. The van der Waals surface area contributed by atoms with E-state index in [0.717, 1.165) is 51.4 Å². The van der Waals surface area contributed by atoms with E-state index in [1.54, 1.807) is 24.3 Å². The summed E-state index contributed by atoms with van der Waals surface area (Å²) in [6.07, 6.45) is 8.63. The summed E-state index contributed by atoms with van der Waals surface area (Å²) in [5.74, 6) is 1.78. The van der Waals surface area contributed by atoms with Gasteiger partial charge in [0, 0.05) is 6.42 Å². The highest BCUT2D eigenvalue weighted by molar-refractivity contribution is 7.85. The van der Waals surface area contributed by atoms with Crippen LogP contribution in [0.2, 0.25) is 0 Å². The molecule has 0 unspecified atom stereocenters. The molecule has 0 spiro atoms. The number of fused-ring (bicyclic) bond motifs is 5. The lowest BCUT2D eigenvalue weighted by Gasteiger charge is -2.64. The Kier molecular flexibility index (Phi) is 9.22. The average molecular weight is 603 g/mol. The zero-order valence-corrected chi connectivity index (χ0v) is 26.7. The van der Waals surface area contributed by atoms with Gasteiger partial charge >= 0.3 is 0 Å². The summed E-state index contributed by atoms with van der Waals surface area (Å²) in [6, 6.07) is 7.95. The maximum Gasteiger partial charge on any atom is 0.220 e. The van der Waals surface area contributed by atoms with Gasteiger partial charge in [-0.15, -0.1) is 0 Å². The number of nitrogens with one attached hydrogen (secondary N) is 1. The number of carbonyl (C=O) groups excluding carboxylic acids is 1. The molecule has 0 bridgehead atoms. The van der Waals surface area contributed by atoms with Crippen LogP contribution in [-0.4, -0.2) is 47.1 Å². The third-order valence-electron chi connectivity index (χ3n) is 12.9. The number of benzene rings is 1. The van der Waals surface area contributed by atoms with Gasteiger partial charge in [-0.2, -0.15) is 0 Å². The molecular weight excluding hydrogens is 550 g/mol. The molecule has 1 aromatic rings. The summed E-state index contributed by atoms with van der Waals surface area (Å²) >= 11 is 0. The normalized spacial score (nSPS) is 41.2. The van der Waals surface area contributed by atoms with Gasteiger partial charge in [-0.1, -0.05) is 64.4 Å². The summed E-state index contributed by atoms with van der Waals surface area (Å²) in [5.41, 5.74) is 0.914. The van der Waals surface area contributed by atoms with Crippen LogP contribution < -0.4 is 5.32 Å². The van der Waals surface area contributed by atoms with Crippen LogP contribution in [0, 0.1) is 52.3 Å². The Bertz CT molecular complexity index is 1210. The fourth-order valence-electron chi connectivity index (χ4n) is 10.9. The summed E-state index contributed by atoms with van der Waals surface area (Å²) < 4.78 is 34.6. The Morgan fingerprint density at radius 1 is 1.02 bits per heavy atom. The molecule has 4 aliphatic rings. The van der Waals surface area contributed by atoms with Gasteiger partial charge in [0.25, 0.3) is 0 Å². The van der Waals surface area contributed by atoms with E-state index in [1.807, 2.05) is 6.07 Å². The quantitative estimate of drug-likeness (QED) is 0.324. The van der Waals surface area contributed by atoms with Crippen LogP contribution >= 0.6 is 0 Å². The van der Waals surface area contributed by atoms with Gasteiger partial charge in [0.1, 0.15) is 0 Å². The predicted molar refractivity (Wildman–Crippen MR) is 162 cm³/mol. The highest BCUT2D eigenvalue weighted by atomic mass is 32.2. The second kappa shape index (κ2) is 12.1. The fraction of sp³-hybridized carbons (Fsp3) is 0.794.